The highest BCUT2D eigenvalue weighted by molar-refractivity contribution is 6.30. The number of nitrogens with one attached hydrogen (secondary N) is 1. The molecule has 4 rings (SSSR count). The van der Waals surface area contributed by atoms with Crippen LogP contribution in [0.5, 0.6) is 0 Å². The van der Waals surface area contributed by atoms with Crippen LogP contribution in [0.1, 0.15) is 43.2 Å². The van der Waals surface area contributed by atoms with Crippen molar-refractivity contribution in [2.45, 2.75) is 55.7 Å². The highest BCUT2D eigenvalue weighted by atomic mass is 35.5. The van der Waals surface area contributed by atoms with Gasteiger partial charge in [-0.25, -0.2) is 9.18 Å². The van der Waals surface area contributed by atoms with E-state index in [-0.39, 0.29) is 17.3 Å². The monoisotopic (exact) mass is 445 g/mol. The van der Waals surface area contributed by atoms with Crippen LogP contribution in [0.2, 0.25) is 5.02 Å². The van der Waals surface area contributed by atoms with Gasteiger partial charge in [0.1, 0.15) is 11.7 Å². The Labute approximate surface area is 187 Å². The number of hydrogen-bond donors (Lipinski definition) is 2. The second kappa shape index (κ2) is 8.79. The number of alkyl halides is 1. The molecule has 0 aromatic heterocycles. The van der Waals surface area contributed by atoms with E-state index in [4.69, 9.17) is 16.3 Å². The number of methoxy groups -OCH3 is 1. The zero-order valence-corrected chi connectivity index (χ0v) is 18.5. The standard InChI is InChI=1S/C25H29ClFNO3/c1-31-23(30)25(28-21-7-4-6-19(26)15-21)11-9-24(10-12-25)18(14-20(27)16-29)13-17-5-2-3-8-22(17)24/h2-8,15,18,20,28-29H,9-14,16H2,1H3. The van der Waals surface area contributed by atoms with Crippen LogP contribution in [0.4, 0.5) is 10.1 Å². The van der Waals surface area contributed by atoms with E-state index >= 15 is 0 Å². The number of aliphatic hydroxyl groups is 1. The number of fused-ring (bicyclic) bond motifs is 2. The number of benzene rings is 2. The number of anilines is 1. The fraction of sp³-hybridized carbons (Fsp3) is 0.480. The molecule has 0 bridgehead atoms. The fourth-order valence-corrected chi connectivity index (χ4v) is 5.97. The van der Waals surface area contributed by atoms with Crippen molar-refractivity contribution in [3.8, 4) is 0 Å². The average Bonchev–Trinajstić information content (AvgIpc) is 3.07. The SMILES string of the molecule is COC(=O)C1(Nc2cccc(Cl)c2)CCC2(CC1)c1ccccc1CC2CC(F)CO. The lowest BCUT2D eigenvalue weighted by Crippen LogP contribution is -2.53. The molecule has 2 aliphatic rings. The number of esters is 1. The van der Waals surface area contributed by atoms with E-state index in [2.05, 4.69) is 17.4 Å². The molecular formula is C25H29ClFNO3. The Morgan fingerprint density at radius 3 is 2.65 bits per heavy atom. The summed E-state index contributed by atoms with van der Waals surface area (Å²) in [5.74, 6) is -0.183. The van der Waals surface area contributed by atoms with Gasteiger partial charge < -0.3 is 15.2 Å². The molecule has 2 aromatic rings. The lowest BCUT2D eigenvalue weighted by atomic mass is 9.60. The predicted octanol–water partition coefficient (Wildman–Crippen LogP) is 5.07. The first-order valence-corrected chi connectivity index (χ1v) is 11.3. The van der Waals surface area contributed by atoms with Crippen LogP contribution in [0, 0.1) is 5.92 Å². The quantitative estimate of drug-likeness (QED) is 0.609. The number of carbonyl (C=O) groups is 1. The molecule has 1 saturated carbocycles. The van der Waals surface area contributed by atoms with E-state index in [0.29, 0.717) is 24.3 Å². The molecule has 2 atom stereocenters. The van der Waals surface area contributed by atoms with E-state index in [9.17, 15) is 14.3 Å². The molecule has 0 heterocycles. The van der Waals surface area contributed by atoms with Crippen LogP contribution < -0.4 is 5.32 Å². The minimum absolute atomic E-state index is 0.105. The van der Waals surface area contributed by atoms with Crippen molar-refractivity contribution in [1.29, 1.82) is 0 Å². The summed E-state index contributed by atoms with van der Waals surface area (Å²) in [5.41, 5.74) is 2.27. The zero-order chi connectivity index (χ0) is 22.1. The van der Waals surface area contributed by atoms with E-state index in [1.165, 1.54) is 18.2 Å². The van der Waals surface area contributed by atoms with Gasteiger partial charge in [-0.2, -0.15) is 0 Å². The molecule has 2 N–H and O–H groups in total. The maximum atomic E-state index is 14.3. The van der Waals surface area contributed by atoms with E-state index < -0.39 is 18.3 Å². The molecule has 2 aromatic carbocycles. The summed E-state index contributed by atoms with van der Waals surface area (Å²) >= 11 is 6.15. The van der Waals surface area contributed by atoms with Crippen LogP contribution in [0.25, 0.3) is 0 Å². The number of carbonyl (C=O) groups excluding carboxylic acids is 1. The molecule has 0 saturated heterocycles. The second-order valence-corrected chi connectivity index (χ2v) is 9.38. The van der Waals surface area contributed by atoms with Gasteiger partial charge in [-0.3, -0.25) is 0 Å². The summed E-state index contributed by atoms with van der Waals surface area (Å²) in [4.78, 5) is 12.9. The van der Waals surface area contributed by atoms with Crippen molar-refractivity contribution in [1.82, 2.24) is 0 Å². The first kappa shape index (κ1) is 22.1. The van der Waals surface area contributed by atoms with Crippen LogP contribution >= 0.6 is 11.6 Å². The van der Waals surface area contributed by atoms with Gasteiger partial charge in [0.15, 0.2) is 0 Å². The molecule has 6 heteroatoms. The van der Waals surface area contributed by atoms with Gasteiger partial charge in [0.25, 0.3) is 0 Å². The largest absolute Gasteiger partial charge is 0.467 e. The van der Waals surface area contributed by atoms with Crippen molar-refractivity contribution in [3.05, 3.63) is 64.7 Å². The molecule has 1 spiro atoms. The zero-order valence-electron chi connectivity index (χ0n) is 17.7. The lowest BCUT2D eigenvalue weighted by molar-refractivity contribution is -0.148. The Morgan fingerprint density at radius 1 is 1.23 bits per heavy atom. The van der Waals surface area contributed by atoms with Gasteiger partial charge in [-0.1, -0.05) is 41.9 Å². The topological polar surface area (TPSA) is 58.6 Å². The Balaban J connectivity index is 1.64. The maximum absolute atomic E-state index is 14.3. The van der Waals surface area contributed by atoms with Gasteiger partial charge in [0.05, 0.1) is 13.7 Å². The van der Waals surface area contributed by atoms with Crippen molar-refractivity contribution >= 4 is 23.3 Å². The predicted molar refractivity (Wildman–Crippen MR) is 120 cm³/mol. The van der Waals surface area contributed by atoms with Crippen LogP contribution in [-0.2, 0) is 21.4 Å². The molecule has 31 heavy (non-hydrogen) atoms. The Morgan fingerprint density at radius 2 is 1.97 bits per heavy atom. The van der Waals surface area contributed by atoms with Gasteiger partial charge in [-0.05, 0) is 79.2 Å². The van der Waals surface area contributed by atoms with Crippen molar-refractivity contribution in [2.75, 3.05) is 19.0 Å². The van der Waals surface area contributed by atoms with Gasteiger partial charge in [-0.15, -0.1) is 0 Å². The Hall–Kier alpha value is -2.11. The molecule has 4 nitrogen and oxygen atoms in total. The smallest absolute Gasteiger partial charge is 0.331 e. The van der Waals surface area contributed by atoms with E-state index in [1.807, 2.05) is 24.3 Å². The number of ether oxygens (including phenoxy) is 1. The van der Waals surface area contributed by atoms with Crippen LogP contribution in [0.15, 0.2) is 48.5 Å². The van der Waals surface area contributed by atoms with Crippen molar-refractivity contribution in [2.24, 2.45) is 5.92 Å². The third-order valence-corrected chi connectivity index (χ3v) is 7.56. The summed E-state index contributed by atoms with van der Waals surface area (Å²) in [7, 11) is 1.41. The molecule has 2 unspecified atom stereocenters. The highest BCUT2D eigenvalue weighted by Gasteiger charge is 2.54. The first-order chi connectivity index (χ1) is 14.9. The minimum Gasteiger partial charge on any atom is -0.467 e. The van der Waals surface area contributed by atoms with Crippen molar-refractivity contribution < 1.29 is 19.0 Å². The normalized spacial score (nSPS) is 28.2. The van der Waals surface area contributed by atoms with E-state index in [0.717, 1.165) is 24.9 Å². The average molecular weight is 446 g/mol. The molecule has 0 radical (unpaired) electrons. The molecule has 0 aliphatic heterocycles. The summed E-state index contributed by atoms with van der Waals surface area (Å²) in [6, 6.07) is 15.7. The first-order valence-electron chi connectivity index (χ1n) is 10.9. The summed E-state index contributed by atoms with van der Waals surface area (Å²) in [6.07, 6.45) is 2.56. The van der Waals surface area contributed by atoms with Gasteiger partial charge in [0, 0.05) is 10.7 Å². The van der Waals surface area contributed by atoms with Crippen LogP contribution in [0.3, 0.4) is 0 Å². The molecule has 166 valence electrons. The van der Waals surface area contributed by atoms with Crippen LogP contribution in [-0.4, -0.2) is 36.5 Å². The number of hydrogen-bond acceptors (Lipinski definition) is 4. The van der Waals surface area contributed by atoms with Crippen molar-refractivity contribution in [3.63, 3.8) is 0 Å². The number of aliphatic hydroxyl groups excluding tert-OH is 1. The Bertz CT molecular complexity index is 942. The summed E-state index contributed by atoms with van der Waals surface area (Å²) < 4.78 is 19.5. The maximum Gasteiger partial charge on any atom is 0.331 e. The second-order valence-electron chi connectivity index (χ2n) is 8.94. The van der Waals surface area contributed by atoms with E-state index in [1.54, 1.807) is 12.1 Å². The number of halogens is 2. The molecule has 0 amide bonds. The molecular weight excluding hydrogens is 417 g/mol. The summed E-state index contributed by atoms with van der Waals surface area (Å²) in [5, 5.41) is 13.3. The fourth-order valence-electron chi connectivity index (χ4n) is 5.78. The lowest BCUT2D eigenvalue weighted by Gasteiger charge is -2.47. The van der Waals surface area contributed by atoms with Gasteiger partial charge in [0.2, 0.25) is 0 Å². The van der Waals surface area contributed by atoms with Gasteiger partial charge >= 0.3 is 5.97 Å². The minimum atomic E-state index is -1.23. The molecule has 1 fully saturated rings. The third kappa shape index (κ3) is 4.06. The molecule has 2 aliphatic carbocycles. The third-order valence-electron chi connectivity index (χ3n) is 7.32. The highest BCUT2D eigenvalue weighted by Crippen LogP contribution is 2.56. The summed E-state index contributed by atoms with van der Waals surface area (Å²) in [6.45, 7) is -0.453. The Kier molecular flexibility index (Phi) is 6.27. The number of rotatable bonds is 6.